The number of ketones is 1. The monoisotopic (exact) mass is 204 g/mol. The molecule has 0 bridgehead atoms. The maximum absolute atomic E-state index is 11.2. The minimum Gasteiger partial charge on any atom is -0.295 e. The molecule has 1 aliphatic rings. The van der Waals surface area contributed by atoms with Crippen molar-refractivity contribution in [3.05, 3.63) is 0 Å². The average Bonchev–Trinajstić information content (AvgIpc) is 2.39. The normalized spacial score (nSPS) is 27.5. The van der Waals surface area contributed by atoms with E-state index in [-0.39, 0.29) is 5.54 Å². The number of rotatable bonds is 3. The van der Waals surface area contributed by atoms with Gasteiger partial charge in [-0.2, -0.15) is 0 Å². The third kappa shape index (κ3) is 1.75. The van der Waals surface area contributed by atoms with Crippen LogP contribution in [0, 0.1) is 0 Å². The maximum Gasteiger partial charge on any atom is 0.213 e. The first-order chi connectivity index (χ1) is 6.04. The molecule has 5 heteroatoms. The van der Waals surface area contributed by atoms with Crippen LogP contribution in [0.25, 0.3) is 0 Å². The summed E-state index contributed by atoms with van der Waals surface area (Å²) in [4.78, 5) is 23.4. The van der Waals surface area contributed by atoms with Gasteiger partial charge in [0.1, 0.15) is 0 Å². The van der Waals surface area contributed by atoms with E-state index in [1.165, 1.54) is 0 Å². The summed E-state index contributed by atoms with van der Waals surface area (Å²) in [5.74, 6) is -0.419. The zero-order valence-corrected chi connectivity index (χ0v) is 8.47. The van der Waals surface area contributed by atoms with Crippen LogP contribution in [0.5, 0.6) is 0 Å². The second kappa shape index (κ2) is 3.74. The van der Waals surface area contributed by atoms with Gasteiger partial charge in [0.25, 0.3) is 0 Å². The minimum atomic E-state index is -0.441. The quantitative estimate of drug-likeness (QED) is 0.303. The zero-order chi connectivity index (χ0) is 10.1. The van der Waals surface area contributed by atoms with E-state index in [9.17, 15) is 9.59 Å². The van der Waals surface area contributed by atoms with Gasteiger partial charge < -0.3 is 0 Å². The van der Waals surface area contributed by atoms with Crippen LogP contribution in [-0.4, -0.2) is 41.2 Å². The number of hydrogen-bond donors (Lipinski definition) is 1. The minimum absolute atomic E-state index is 0.350. The highest BCUT2D eigenvalue weighted by atomic mass is 35.5. The second-order valence-electron chi connectivity index (χ2n) is 3.63. The molecule has 1 unspecified atom stereocenters. The van der Waals surface area contributed by atoms with Gasteiger partial charge in [-0.1, -0.05) is 0 Å². The van der Waals surface area contributed by atoms with Crippen LogP contribution < -0.4 is 5.32 Å². The molecule has 1 rings (SSSR count). The Kier molecular flexibility index (Phi) is 3.05. The molecule has 1 atom stereocenters. The van der Waals surface area contributed by atoms with Gasteiger partial charge >= 0.3 is 0 Å². The Morgan fingerprint density at radius 2 is 2.38 bits per heavy atom. The van der Waals surface area contributed by atoms with Gasteiger partial charge in [-0.3, -0.25) is 19.8 Å². The summed E-state index contributed by atoms with van der Waals surface area (Å²) in [6, 6.07) is -0.0911. The van der Waals surface area contributed by atoms with Crippen molar-refractivity contribution in [1.29, 1.82) is 0 Å². The fourth-order valence-electron chi connectivity index (χ4n) is 1.55. The van der Waals surface area contributed by atoms with Crippen LogP contribution in [0.2, 0.25) is 0 Å². The zero-order valence-electron chi connectivity index (χ0n) is 7.71. The van der Waals surface area contributed by atoms with Crippen molar-refractivity contribution < 1.29 is 9.59 Å². The average molecular weight is 205 g/mol. The Bertz CT molecular complexity index is 230. The summed E-state index contributed by atoms with van der Waals surface area (Å²) >= 11 is 5.69. The highest BCUT2D eigenvalue weighted by molar-refractivity contribution is 6.28. The molecule has 4 nitrogen and oxygen atoms in total. The lowest BCUT2D eigenvalue weighted by Gasteiger charge is -2.31. The molecule has 0 aromatic heterocycles. The molecule has 0 aromatic carbocycles. The van der Waals surface area contributed by atoms with E-state index in [1.54, 1.807) is 0 Å². The van der Waals surface area contributed by atoms with Crippen molar-refractivity contribution in [2.75, 3.05) is 12.7 Å². The van der Waals surface area contributed by atoms with Gasteiger partial charge in [-0.15, -0.1) is 11.6 Å². The first kappa shape index (κ1) is 10.6. The van der Waals surface area contributed by atoms with E-state index in [1.807, 2.05) is 18.7 Å². The Morgan fingerprint density at radius 1 is 1.77 bits per heavy atom. The number of nitrogens with zero attached hydrogens (tertiary/aromatic N) is 1. The summed E-state index contributed by atoms with van der Waals surface area (Å²) in [6.45, 7) is 4.32. The van der Waals surface area contributed by atoms with Crippen molar-refractivity contribution in [1.82, 2.24) is 10.2 Å². The van der Waals surface area contributed by atoms with Crippen molar-refractivity contribution in [2.45, 2.75) is 25.4 Å². The number of halogens is 1. The van der Waals surface area contributed by atoms with E-state index < -0.39 is 11.8 Å². The van der Waals surface area contributed by atoms with Crippen LogP contribution in [0.1, 0.15) is 13.8 Å². The van der Waals surface area contributed by atoms with Crippen molar-refractivity contribution in [3.63, 3.8) is 0 Å². The SMILES string of the molecule is CC1(C)C(C(=O)C=O)NCN1CCl. The number of carbonyl (C=O) groups is 2. The molecule has 0 radical (unpaired) electrons. The Morgan fingerprint density at radius 3 is 2.77 bits per heavy atom. The molecule has 1 fully saturated rings. The molecule has 0 aliphatic carbocycles. The van der Waals surface area contributed by atoms with Crippen molar-refractivity contribution in [2.24, 2.45) is 0 Å². The Hall–Kier alpha value is -0.450. The van der Waals surface area contributed by atoms with Crippen LogP contribution in [0.4, 0.5) is 0 Å². The third-order valence-electron chi connectivity index (χ3n) is 2.55. The van der Waals surface area contributed by atoms with Crippen LogP contribution in [0.3, 0.4) is 0 Å². The van der Waals surface area contributed by atoms with Gasteiger partial charge in [0.2, 0.25) is 5.78 Å². The fraction of sp³-hybridized carbons (Fsp3) is 0.750. The summed E-state index contributed by atoms with van der Waals surface area (Å²) in [5.41, 5.74) is -0.389. The predicted molar refractivity (Wildman–Crippen MR) is 49.5 cm³/mol. The standard InChI is InChI=1S/C8H13ClN2O2/c1-8(2)7(6(13)3-12)10-5-11(8)4-9/h3,7,10H,4-5H2,1-2H3. The van der Waals surface area contributed by atoms with E-state index in [0.717, 1.165) is 0 Å². The Labute approximate surface area is 82.2 Å². The van der Waals surface area contributed by atoms with Crippen LogP contribution in [0.15, 0.2) is 0 Å². The molecule has 1 saturated heterocycles. The molecule has 0 saturated carbocycles. The van der Waals surface area contributed by atoms with Gasteiger partial charge in [-0.25, -0.2) is 0 Å². The molecule has 1 N–H and O–H groups in total. The highest BCUT2D eigenvalue weighted by Gasteiger charge is 2.44. The van der Waals surface area contributed by atoms with Gasteiger partial charge in [0, 0.05) is 5.54 Å². The van der Waals surface area contributed by atoms with Crippen LogP contribution >= 0.6 is 11.6 Å². The third-order valence-corrected chi connectivity index (χ3v) is 2.84. The Balaban J connectivity index is 2.80. The molecule has 74 valence electrons. The summed E-state index contributed by atoms with van der Waals surface area (Å²) in [6.07, 6.45) is 0.358. The lowest BCUT2D eigenvalue weighted by Crippen LogP contribution is -2.50. The second-order valence-corrected chi connectivity index (χ2v) is 3.87. The summed E-state index contributed by atoms with van der Waals surface area (Å²) < 4.78 is 0. The molecular weight excluding hydrogens is 192 g/mol. The smallest absolute Gasteiger partial charge is 0.213 e. The largest absolute Gasteiger partial charge is 0.295 e. The number of alkyl halides is 1. The highest BCUT2D eigenvalue weighted by Crippen LogP contribution is 2.24. The molecule has 1 heterocycles. The summed E-state index contributed by atoms with van der Waals surface area (Å²) in [7, 11) is 0. The first-order valence-corrected chi connectivity index (χ1v) is 4.61. The molecule has 1 aliphatic heterocycles. The molecule has 13 heavy (non-hydrogen) atoms. The number of hydrogen-bond acceptors (Lipinski definition) is 4. The van der Waals surface area contributed by atoms with Crippen molar-refractivity contribution >= 4 is 23.7 Å². The van der Waals surface area contributed by atoms with Crippen molar-refractivity contribution in [3.8, 4) is 0 Å². The molecule has 0 amide bonds. The first-order valence-electron chi connectivity index (χ1n) is 4.07. The molecule has 0 aromatic rings. The number of nitrogens with one attached hydrogen (secondary N) is 1. The number of Topliss-reactive ketones (excluding diaryl/α,β-unsaturated/α-hetero) is 1. The number of aldehydes is 1. The van der Waals surface area contributed by atoms with Gasteiger partial charge in [-0.05, 0) is 13.8 Å². The van der Waals surface area contributed by atoms with E-state index >= 15 is 0 Å². The van der Waals surface area contributed by atoms with E-state index in [0.29, 0.717) is 19.0 Å². The molecular formula is C8H13ClN2O2. The predicted octanol–water partition coefficient (Wildman–Crippen LogP) is -0.0394. The summed E-state index contributed by atoms with van der Waals surface area (Å²) in [5, 5.41) is 2.96. The lowest BCUT2D eigenvalue weighted by molar-refractivity contribution is -0.132. The fourth-order valence-corrected chi connectivity index (χ4v) is 1.94. The van der Waals surface area contributed by atoms with Gasteiger partial charge in [0.15, 0.2) is 6.29 Å². The molecule has 0 spiro atoms. The lowest BCUT2D eigenvalue weighted by atomic mass is 9.92. The maximum atomic E-state index is 11.2. The number of carbonyl (C=O) groups excluding carboxylic acids is 2. The van der Waals surface area contributed by atoms with Gasteiger partial charge in [0.05, 0.1) is 18.7 Å². The van der Waals surface area contributed by atoms with E-state index in [4.69, 9.17) is 11.6 Å². The topological polar surface area (TPSA) is 49.4 Å². The van der Waals surface area contributed by atoms with Crippen LogP contribution in [-0.2, 0) is 9.59 Å². The van der Waals surface area contributed by atoms with E-state index in [2.05, 4.69) is 5.32 Å².